The molecule has 4 rings (SSSR count). The molecular formula is C21H25F3N4O5S. The van der Waals surface area contributed by atoms with Crippen molar-refractivity contribution in [2.24, 2.45) is 11.8 Å². The van der Waals surface area contributed by atoms with Gasteiger partial charge >= 0.3 is 6.18 Å². The number of benzene rings is 1. The molecule has 9 nitrogen and oxygen atoms in total. The third-order valence-corrected chi connectivity index (χ3v) is 7.72. The van der Waals surface area contributed by atoms with Gasteiger partial charge < -0.3 is 4.74 Å². The number of halogens is 3. The van der Waals surface area contributed by atoms with Gasteiger partial charge in [0.05, 0.1) is 52.0 Å². The molecule has 2 bridgehead atoms. The first-order chi connectivity index (χ1) is 15.7. The average molecular weight is 503 g/mol. The van der Waals surface area contributed by atoms with Gasteiger partial charge in [0.25, 0.3) is 10.2 Å². The number of rotatable bonds is 4. The van der Waals surface area contributed by atoms with Crippen LogP contribution in [0.3, 0.4) is 0 Å². The van der Waals surface area contributed by atoms with Crippen molar-refractivity contribution in [3.63, 3.8) is 0 Å². The van der Waals surface area contributed by atoms with Crippen molar-refractivity contribution in [2.45, 2.75) is 57.5 Å². The molecule has 3 aliphatic rings. The number of imide groups is 1. The Bertz CT molecular complexity index is 1180. The Balaban J connectivity index is 0.00000158. The van der Waals surface area contributed by atoms with Crippen molar-refractivity contribution in [1.82, 2.24) is 9.44 Å². The van der Waals surface area contributed by atoms with Crippen LogP contribution >= 0.6 is 0 Å². The van der Waals surface area contributed by atoms with E-state index in [2.05, 4.69) is 9.44 Å². The molecule has 0 saturated carbocycles. The number of carbonyl (C=O) groups excluding carboxylic acids is 2. The van der Waals surface area contributed by atoms with E-state index in [0.29, 0.717) is 11.0 Å². The molecule has 13 heteroatoms. The molecule has 3 fully saturated rings. The number of hydrogen-bond donors (Lipinski definition) is 2. The molecule has 3 aliphatic heterocycles. The van der Waals surface area contributed by atoms with Crippen molar-refractivity contribution in [3.05, 3.63) is 29.3 Å². The Morgan fingerprint density at radius 3 is 2.29 bits per heavy atom. The first kappa shape index (κ1) is 26.1. The van der Waals surface area contributed by atoms with Crippen LogP contribution in [0.1, 0.15) is 45.2 Å². The van der Waals surface area contributed by atoms with Crippen LogP contribution in [0.15, 0.2) is 18.2 Å². The first-order valence-corrected chi connectivity index (χ1v) is 12.1. The molecule has 0 radical (unpaired) electrons. The maximum Gasteiger partial charge on any atom is 0.417 e. The van der Waals surface area contributed by atoms with E-state index in [1.165, 1.54) is 20.0 Å². The quantitative estimate of drug-likeness (QED) is 0.607. The molecule has 2 unspecified atom stereocenters. The highest BCUT2D eigenvalue weighted by molar-refractivity contribution is 7.87. The molecule has 1 aromatic rings. The number of hydrogen-bond acceptors (Lipinski definition) is 6. The largest absolute Gasteiger partial charge is 0.417 e. The van der Waals surface area contributed by atoms with Crippen LogP contribution in [0.2, 0.25) is 0 Å². The SMILES string of the molecule is CC.CNS(=O)(=O)N[C@@H]1CC2(C)OC1(C)[C@@H]1C(=O)N(c3ccc(C#N)c(C(F)(F)F)c3)C(=O)[C@@H]12. The second-order valence-corrected chi connectivity index (χ2v) is 10.1. The molecule has 0 spiro atoms. The highest BCUT2D eigenvalue weighted by atomic mass is 32.2. The van der Waals surface area contributed by atoms with E-state index < -0.39 is 68.4 Å². The maximum atomic E-state index is 13.4. The molecule has 3 heterocycles. The Kier molecular flexibility index (Phi) is 6.37. The summed E-state index contributed by atoms with van der Waals surface area (Å²) in [5.74, 6) is -3.58. The number of fused-ring (bicyclic) bond motifs is 5. The minimum Gasteiger partial charge on any atom is -0.366 e. The second kappa shape index (κ2) is 8.30. The number of nitrogens with one attached hydrogen (secondary N) is 2. The summed E-state index contributed by atoms with van der Waals surface area (Å²) in [5, 5.41) is 8.99. The normalized spacial score (nSPS) is 32.3. The van der Waals surface area contributed by atoms with Gasteiger partial charge in [0.2, 0.25) is 11.8 Å². The summed E-state index contributed by atoms with van der Waals surface area (Å²) in [6.45, 7) is 7.10. The zero-order chi connectivity index (χ0) is 25.9. The summed E-state index contributed by atoms with van der Waals surface area (Å²) < 4.78 is 74.8. The molecule has 186 valence electrons. The van der Waals surface area contributed by atoms with Gasteiger partial charge in [-0.15, -0.1) is 0 Å². The lowest BCUT2D eigenvalue weighted by molar-refractivity contribution is -0.138. The van der Waals surface area contributed by atoms with Crippen molar-refractivity contribution in [2.75, 3.05) is 11.9 Å². The number of nitriles is 1. The van der Waals surface area contributed by atoms with E-state index in [9.17, 15) is 31.2 Å². The van der Waals surface area contributed by atoms with Crippen molar-refractivity contribution in [3.8, 4) is 6.07 Å². The number of carbonyl (C=O) groups is 2. The van der Waals surface area contributed by atoms with Crippen LogP contribution in [-0.2, 0) is 30.7 Å². The lowest BCUT2D eigenvalue weighted by Crippen LogP contribution is -2.57. The van der Waals surface area contributed by atoms with Crippen LogP contribution in [0.4, 0.5) is 18.9 Å². The Labute approximate surface area is 195 Å². The summed E-state index contributed by atoms with van der Waals surface area (Å²) in [5.41, 5.74) is -4.78. The fourth-order valence-electron chi connectivity index (χ4n) is 5.22. The zero-order valence-electron chi connectivity index (χ0n) is 19.1. The van der Waals surface area contributed by atoms with Gasteiger partial charge in [-0.25, -0.2) is 9.62 Å². The fraction of sp³-hybridized carbons (Fsp3) is 0.571. The van der Waals surface area contributed by atoms with E-state index in [1.807, 2.05) is 13.8 Å². The zero-order valence-corrected chi connectivity index (χ0v) is 20.0. The number of nitrogens with zero attached hydrogens (tertiary/aromatic N) is 2. The standard InChI is InChI=1S/C19H19F3N4O5S.C2H6/c1-17-7-12(25-32(29,30)24-3)18(2,31-17)14-13(17)15(27)26(16(14)28)10-5-4-9(8-23)11(6-10)19(20,21)22;1-2/h4-6,12-14,24-25H,7H2,1-3H3;1-2H3/t12-,13-,14+,17?,18?;/m1./s1. The van der Waals surface area contributed by atoms with Crippen LogP contribution in [0.25, 0.3) is 0 Å². The van der Waals surface area contributed by atoms with Crippen LogP contribution in [0.5, 0.6) is 0 Å². The highest BCUT2D eigenvalue weighted by Gasteiger charge is 2.76. The maximum absolute atomic E-state index is 13.4. The third-order valence-electron chi connectivity index (χ3n) is 6.59. The van der Waals surface area contributed by atoms with Gasteiger partial charge in [-0.3, -0.25) is 9.59 Å². The number of ether oxygens (including phenoxy) is 1. The van der Waals surface area contributed by atoms with Gasteiger partial charge in [-0.2, -0.15) is 31.6 Å². The molecule has 0 aromatic heterocycles. The topological polar surface area (TPSA) is 129 Å². The highest BCUT2D eigenvalue weighted by Crippen LogP contribution is 2.61. The minimum absolute atomic E-state index is 0.0968. The summed E-state index contributed by atoms with van der Waals surface area (Å²) in [6, 6.07) is 3.23. The Morgan fingerprint density at radius 2 is 1.76 bits per heavy atom. The Hall–Kier alpha value is -2.53. The monoisotopic (exact) mass is 502 g/mol. The van der Waals surface area contributed by atoms with Crippen LogP contribution < -0.4 is 14.3 Å². The molecule has 2 N–H and O–H groups in total. The smallest absolute Gasteiger partial charge is 0.366 e. The second-order valence-electron chi connectivity index (χ2n) is 8.49. The fourth-order valence-corrected chi connectivity index (χ4v) is 6.03. The predicted molar refractivity (Wildman–Crippen MR) is 114 cm³/mol. The summed E-state index contributed by atoms with van der Waals surface area (Å²) in [6.07, 6.45) is -4.76. The van der Waals surface area contributed by atoms with Gasteiger partial charge in [0, 0.05) is 7.05 Å². The summed E-state index contributed by atoms with van der Waals surface area (Å²) in [7, 11) is -2.68. The number of alkyl halides is 3. The third kappa shape index (κ3) is 3.78. The molecule has 34 heavy (non-hydrogen) atoms. The Morgan fingerprint density at radius 1 is 1.18 bits per heavy atom. The van der Waals surface area contributed by atoms with E-state index in [0.717, 1.165) is 12.1 Å². The van der Waals surface area contributed by atoms with Crippen molar-refractivity contribution in [1.29, 1.82) is 5.26 Å². The molecular weight excluding hydrogens is 477 g/mol. The minimum atomic E-state index is -4.86. The molecule has 1 aromatic carbocycles. The summed E-state index contributed by atoms with van der Waals surface area (Å²) in [4.78, 5) is 27.2. The molecule has 2 amide bonds. The first-order valence-electron chi connectivity index (χ1n) is 10.6. The van der Waals surface area contributed by atoms with E-state index in [1.54, 1.807) is 6.92 Å². The van der Waals surface area contributed by atoms with Crippen molar-refractivity contribution >= 4 is 27.7 Å². The van der Waals surface area contributed by atoms with Crippen molar-refractivity contribution < 1.29 is 35.9 Å². The van der Waals surface area contributed by atoms with Crippen LogP contribution in [0, 0.1) is 23.2 Å². The van der Waals surface area contributed by atoms with Gasteiger partial charge in [-0.1, -0.05) is 13.8 Å². The number of anilines is 1. The van der Waals surface area contributed by atoms with Gasteiger partial charge in [0.1, 0.15) is 0 Å². The van der Waals surface area contributed by atoms with E-state index in [-0.39, 0.29) is 12.1 Å². The molecule has 0 aliphatic carbocycles. The number of amides is 2. The summed E-state index contributed by atoms with van der Waals surface area (Å²) >= 11 is 0. The van der Waals surface area contributed by atoms with Crippen LogP contribution in [-0.4, -0.2) is 44.5 Å². The lowest BCUT2D eigenvalue weighted by Gasteiger charge is -2.35. The van der Waals surface area contributed by atoms with E-state index in [4.69, 9.17) is 10.00 Å². The van der Waals surface area contributed by atoms with Gasteiger partial charge in [-0.05, 0) is 38.5 Å². The van der Waals surface area contributed by atoms with E-state index >= 15 is 0 Å². The van der Waals surface area contributed by atoms with Gasteiger partial charge in [0.15, 0.2) is 0 Å². The predicted octanol–water partition coefficient (Wildman–Crippen LogP) is 2.08. The average Bonchev–Trinajstić information content (AvgIpc) is 3.28. The molecule has 5 atom stereocenters. The lowest BCUT2D eigenvalue weighted by atomic mass is 9.67. The molecule has 3 saturated heterocycles.